The molecule has 1 aromatic rings. The van der Waals surface area contributed by atoms with E-state index >= 15 is 0 Å². The van der Waals surface area contributed by atoms with Gasteiger partial charge >= 0.3 is 5.97 Å². The summed E-state index contributed by atoms with van der Waals surface area (Å²) in [6, 6.07) is 0. The quantitative estimate of drug-likeness (QED) is 0.894. The minimum atomic E-state index is -0.640. The Morgan fingerprint density at radius 2 is 2.22 bits per heavy atom. The predicted molar refractivity (Wildman–Crippen MR) is 69.3 cm³/mol. The summed E-state index contributed by atoms with van der Waals surface area (Å²) >= 11 is 0. The van der Waals surface area contributed by atoms with Crippen molar-refractivity contribution in [2.75, 3.05) is 0 Å². The molecule has 1 heterocycles. The number of carboxylic acid groups (broad SMARTS) is 1. The molecule has 0 atom stereocenters. The van der Waals surface area contributed by atoms with E-state index in [1.165, 1.54) is 0 Å². The first-order chi connectivity index (χ1) is 8.55. The van der Waals surface area contributed by atoms with Crippen LogP contribution in [0.5, 0.6) is 0 Å². The van der Waals surface area contributed by atoms with Crippen molar-refractivity contribution in [3.63, 3.8) is 0 Å². The Morgan fingerprint density at radius 1 is 1.56 bits per heavy atom. The lowest BCUT2D eigenvalue weighted by atomic mass is 9.68. The summed E-state index contributed by atoms with van der Waals surface area (Å²) in [7, 11) is 0. The number of aromatic nitrogens is 2. The molecule has 0 spiro atoms. The van der Waals surface area contributed by atoms with Gasteiger partial charge in [0, 0.05) is 12.7 Å². The number of aliphatic carboxylic acids is 1. The molecule has 4 heteroatoms. The summed E-state index contributed by atoms with van der Waals surface area (Å²) in [5.74, 6) is 0.0227. The Hall–Kier alpha value is -1.32. The second-order valence-electron chi connectivity index (χ2n) is 5.65. The number of hydrogen-bond acceptors (Lipinski definition) is 2. The topological polar surface area (TPSA) is 55.1 Å². The molecule has 1 aliphatic carbocycles. The van der Waals surface area contributed by atoms with Crippen LogP contribution in [-0.4, -0.2) is 20.9 Å². The van der Waals surface area contributed by atoms with Crippen molar-refractivity contribution in [1.29, 1.82) is 0 Å². The van der Waals surface area contributed by atoms with E-state index in [0.29, 0.717) is 12.3 Å². The molecule has 0 amide bonds. The molecule has 4 nitrogen and oxygen atoms in total. The van der Waals surface area contributed by atoms with Gasteiger partial charge in [-0.25, -0.2) is 0 Å². The number of carbonyl (C=O) groups is 1. The summed E-state index contributed by atoms with van der Waals surface area (Å²) in [5, 5.41) is 13.8. The largest absolute Gasteiger partial charge is 0.481 e. The zero-order chi connectivity index (χ0) is 13.2. The second kappa shape index (κ2) is 5.12. The number of hydrogen-bond donors (Lipinski definition) is 1. The van der Waals surface area contributed by atoms with Crippen LogP contribution in [0, 0.1) is 11.3 Å². The minimum absolute atomic E-state index is 0.561. The SMILES string of the molecule is CCn1cc(CC2(C(=O)O)CCC(C)CC2)cn1. The Labute approximate surface area is 108 Å². The molecule has 100 valence electrons. The molecular weight excluding hydrogens is 228 g/mol. The molecule has 0 aromatic carbocycles. The van der Waals surface area contributed by atoms with Crippen LogP contribution in [0.15, 0.2) is 12.4 Å². The van der Waals surface area contributed by atoms with E-state index in [2.05, 4.69) is 12.0 Å². The zero-order valence-electron chi connectivity index (χ0n) is 11.2. The van der Waals surface area contributed by atoms with Gasteiger partial charge in [-0.1, -0.05) is 6.92 Å². The fourth-order valence-electron chi connectivity index (χ4n) is 2.84. The van der Waals surface area contributed by atoms with Crippen LogP contribution in [-0.2, 0) is 17.8 Å². The molecule has 1 aromatic heterocycles. The van der Waals surface area contributed by atoms with Gasteiger partial charge in [-0.2, -0.15) is 5.10 Å². The number of rotatable bonds is 4. The standard InChI is InChI=1S/C14H22N2O2/c1-3-16-10-12(9-15-16)8-14(13(17)18)6-4-11(2)5-7-14/h9-11H,3-8H2,1-2H3,(H,17,18). The lowest BCUT2D eigenvalue weighted by Crippen LogP contribution is -2.37. The molecule has 1 saturated carbocycles. The maximum Gasteiger partial charge on any atom is 0.309 e. The fraction of sp³-hybridized carbons (Fsp3) is 0.714. The maximum atomic E-state index is 11.6. The Kier molecular flexibility index (Phi) is 3.73. The molecule has 0 radical (unpaired) electrons. The molecule has 1 N–H and O–H groups in total. The predicted octanol–water partition coefficient (Wildman–Crippen LogP) is 2.73. The average molecular weight is 250 g/mol. The number of aryl methyl sites for hydroxylation is 1. The lowest BCUT2D eigenvalue weighted by Gasteiger charge is -2.35. The van der Waals surface area contributed by atoms with E-state index in [1.54, 1.807) is 0 Å². The molecule has 18 heavy (non-hydrogen) atoms. The van der Waals surface area contributed by atoms with Crippen LogP contribution in [0.3, 0.4) is 0 Å². The Balaban J connectivity index is 2.13. The van der Waals surface area contributed by atoms with E-state index in [1.807, 2.05) is 24.0 Å². The van der Waals surface area contributed by atoms with Crippen molar-refractivity contribution in [3.05, 3.63) is 18.0 Å². The van der Waals surface area contributed by atoms with Crippen molar-refractivity contribution in [1.82, 2.24) is 9.78 Å². The second-order valence-corrected chi connectivity index (χ2v) is 5.65. The first-order valence-corrected chi connectivity index (χ1v) is 6.80. The van der Waals surface area contributed by atoms with Gasteiger partial charge in [0.05, 0.1) is 11.6 Å². The van der Waals surface area contributed by atoms with E-state index in [4.69, 9.17) is 0 Å². The smallest absolute Gasteiger partial charge is 0.309 e. The van der Waals surface area contributed by atoms with E-state index < -0.39 is 11.4 Å². The van der Waals surface area contributed by atoms with Crippen LogP contribution in [0.25, 0.3) is 0 Å². The number of nitrogens with zero attached hydrogens (tertiary/aromatic N) is 2. The van der Waals surface area contributed by atoms with Crippen molar-refractivity contribution in [2.24, 2.45) is 11.3 Å². The molecule has 0 saturated heterocycles. The fourth-order valence-corrected chi connectivity index (χ4v) is 2.84. The minimum Gasteiger partial charge on any atom is -0.481 e. The van der Waals surface area contributed by atoms with Gasteiger partial charge < -0.3 is 5.11 Å². The third-order valence-electron chi connectivity index (χ3n) is 4.24. The first-order valence-electron chi connectivity index (χ1n) is 6.80. The zero-order valence-corrected chi connectivity index (χ0v) is 11.2. The van der Waals surface area contributed by atoms with Gasteiger partial charge in [0.15, 0.2) is 0 Å². The summed E-state index contributed by atoms with van der Waals surface area (Å²) in [6.45, 7) is 5.07. The van der Waals surface area contributed by atoms with Crippen LogP contribution in [0.4, 0.5) is 0 Å². The number of carboxylic acids is 1. The average Bonchev–Trinajstić information content (AvgIpc) is 2.79. The molecule has 0 aliphatic heterocycles. The summed E-state index contributed by atoms with van der Waals surface area (Å²) in [5.41, 5.74) is 0.488. The molecule has 0 unspecified atom stereocenters. The van der Waals surface area contributed by atoms with E-state index in [9.17, 15) is 9.90 Å². The van der Waals surface area contributed by atoms with Gasteiger partial charge in [-0.05, 0) is 50.5 Å². The van der Waals surface area contributed by atoms with E-state index in [0.717, 1.165) is 37.8 Å². The highest BCUT2D eigenvalue weighted by Gasteiger charge is 2.41. The maximum absolute atomic E-state index is 11.6. The molecule has 1 aliphatic rings. The lowest BCUT2D eigenvalue weighted by molar-refractivity contribution is -0.151. The molecule has 1 fully saturated rings. The summed E-state index contributed by atoms with van der Waals surface area (Å²) < 4.78 is 1.86. The molecule has 0 bridgehead atoms. The van der Waals surface area contributed by atoms with Gasteiger partial charge in [-0.15, -0.1) is 0 Å². The third kappa shape index (κ3) is 2.57. The monoisotopic (exact) mass is 250 g/mol. The molecule has 2 rings (SSSR count). The summed E-state index contributed by atoms with van der Waals surface area (Å²) in [4.78, 5) is 11.6. The van der Waals surface area contributed by atoms with Crippen LogP contribution >= 0.6 is 0 Å². The van der Waals surface area contributed by atoms with Crippen molar-refractivity contribution >= 4 is 5.97 Å². The highest BCUT2D eigenvalue weighted by Crippen LogP contribution is 2.41. The van der Waals surface area contributed by atoms with Gasteiger partial charge in [0.2, 0.25) is 0 Å². The van der Waals surface area contributed by atoms with Crippen LogP contribution < -0.4 is 0 Å². The van der Waals surface area contributed by atoms with Crippen LogP contribution in [0.1, 0.15) is 45.1 Å². The van der Waals surface area contributed by atoms with Gasteiger partial charge in [-0.3, -0.25) is 9.48 Å². The highest BCUT2D eigenvalue weighted by molar-refractivity contribution is 5.75. The molecular formula is C14H22N2O2. The van der Waals surface area contributed by atoms with Crippen molar-refractivity contribution < 1.29 is 9.90 Å². The van der Waals surface area contributed by atoms with Gasteiger partial charge in [0.1, 0.15) is 0 Å². The Morgan fingerprint density at radius 3 is 2.72 bits per heavy atom. The third-order valence-corrected chi connectivity index (χ3v) is 4.24. The van der Waals surface area contributed by atoms with Crippen molar-refractivity contribution in [2.45, 2.75) is 52.5 Å². The summed E-state index contributed by atoms with van der Waals surface area (Å²) in [6.07, 6.45) is 8.04. The Bertz CT molecular complexity index is 417. The normalized spacial score (nSPS) is 28.2. The van der Waals surface area contributed by atoms with E-state index in [-0.39, 0.29) is 0 Å². The highest BCUT2D eigenvalue weighted by atomic mass is 16.4. The van der Waals surface area contributed by atoms with Crippen molar-refractivity contribution in [3.8, 4) is 0 Å². The van der Waals surface area contributed by atoms with Crippen LogP contribution in [0.2, 0.25) is 0 Å². The first kappa shape index (κ1) is 13.1. The van der Waals surface area contributed by atoms with Gasteiger partial charge in [0.25, 0.3) is 0 Å².